The summed E-state index contributed by atoms with van der Waals surface area (Å²) in [6.45, 7) is 2.04. The molecule has 0 radical (unpaired) electrons. The Kier molecular flexibility index (Phi) is 5.20. The zero-order valence-electron chi connectivity index (χ0n) is 13.8. The number of hydrogen-bond donors (Lipinski definition) is 2. The zero-order chi connectivity index (χ0) is 16.4. The number of carbonyl (C=O) groups is 1. The highest BCUT2D eigenvalue weighted by Gasteiger charge is 2.57. The number of nitrogens with one attached hydrogen (secondary N) is 2. The van der Waals surface area contributed by atoms with Gasteiger partial charge in [0.2, 0.25) is 11.8 Å². The van der Waals surface area contributed by atoms with E-state index in [0.29, 0.717) is 11.6 Å². The molecule has 25 heavy (non-hydrogen) atoms. The van der Waals surface area contributed by atoms with Crippen molar-refractivity contribution in [1.29, 1.82) is 0 Å². The Morgan fingerprint density at radius 1 is 1.28 bits per heavy atom. The van der Waals surface area contributed by atoms with Gasteiger partial charge in [-0.1, -0.05) is 6.07 Å². The van der Waals surface area contributed by atoms with Crippen LogP contribution in [0.1, 0.15) is 19.3 Å². The predicted octanol–water partition coefficient (Wildman–Crippen LogP) is 3.02. The first-order valence-corrected chi connectivity index (χ1v) is 8.31. The lowest BCUT2D eigenvalue weighted by molar-refractivity contribution is -0.118. The van der Waals surface area contributed by atoms with Gasteiger partial charge in [-0.3, -0.25) is 9.78 Å². The van der Waals surface area contributed by atoms with Crippen LogP contribution in [-0.2, 0) is 4.79 Å². The van der Waals surface area contributed by atoms with E-state index in [2.05, 4.69) is 20.6 Å². The van der Waals surface area contributed by atoms with Crippen molar-refractivity contribution in [3.05, 3.63) is 42.9 Å². The summed E-state index contributed by atoms with van der Waals surface area (Å²) in [5.74, 6) is 1.32. The lowest BCUT2D eigenvalue weighted by Crippen LogP contribution is -2.31. The fourth-order valence-electron chi connectivity index (χ4n) is 3.52. The Labute approximate surface area is 152 Å². The lowest BCUT2D eigenvalue weighted by Gasteiger charge is -2.23. The van der Waals surface area contributed by atoms with E-state index in [4.69, 9.17) is 4.74 Å². The van der Waals surface area contributed by atoms with Gasteiger partial charge < -0.3 is 15.4 Å². The van der Waals surface area contributed by atoms with Crippen molar-refractivity contribution < 1.29 is 9.53 Å². The maximum Gasteiger partial charge on any atom is 0.237 e. The van der Waals surface area contributed by atoms with Gasteiger partial charge in [0.1, 0.15) is 5.75 Å². The monoisotopic (exact) mass is 360 g/mol. The molecule has 2 heterocycles. The molecule has 1 saturated heterocycles. The number of ether oxygens (including phenoxy) is 1. The van der Waals surface area contributed by atoms with E-state index in [0.717, 1.165) is 38.0 Å². The minimum Gasteiger partial charge on any atom is -0.437 e. The highest BCUT2D eigenvalue weighted by Crippen LogP contribution is 2.58. The molecule has 4 rings (SSSR count). The van der Waals surface area contributed by atoms with Crippen LogP contribution in [0, 0.1) is 11.3 Å². The van der Waals surface area contributed by atoms with E-state index in [-0.39, 0.29) is 29.6 Å². The first-order valence-electron chi connectivity index (χ1n) is 8.31. The van der Waals surface area contributed by atoms with Crippen molar-refractivity contribution in [3.8, 4) is 11.6 Å². The van der Waals surface area contributed by atoms with Crippen molar-refractivity contribution in [1.82, 2.24) is 15.3 Å². The van der Waals surface area contributed by atoms with Gasteiger partial charge in [0.25, 0.3) is 0 Å². The molecule has 2 aromatic rings. The van der Waals surface area contributed by atoms with Gasteiger partial charge in [0.05, 0.1) is 6.20 Å². The molecule has 1 unspecified atom stereocenters. The van der Waals surface area contributed by atoms with Gasteiger partial charge in [-0.05, 0) is 49.9 Å². The van der Waals surface area contributed by atoms with Crippen LogP contribution in [-0.4, -0.2) is 29.0 Å². The van der Waals surface area contributed by atoms with Crippen LogP contribution in [0.2, 0.25) is 0 Å². The highest BCUT2D eigenvalue weighted by molar-refractivity contribution is 5.95. The molecule has 2 fully saturated rings. The molecule has 6 nitrogen and oxygen atoms in total. The van der Waals surface area contributed by atoms with Crippen molar-refractivity contribution in [2.75, 3.05) is 18.4 Å². The average Bonchev–Trinajstić information content (AvgIpc) is 3.30. The van der Waals surface area contributed by atoms with E-state index in [1.165, 1.54) is 0 Å². The normalized spacial score (nSPS) is 20.4. The first-order chi connectivity index (χ1) is 11.8. The maximum absolute atomic E-state index is 12.5. The van der Waals surface area contributed by atoms with E-state index in [9.17, 15) is 4.79 Å². The molecule has 1 aliphatic heterocycles. The summed E-state index contributed by atoms with van der Waals surface area (Å²) in [4.78, 5) is 20.6. The van der Waals surface area contributed by atoms with Crippen LogP contribution in [0.4, 0.5) is 5.69 Å². The molecule has 1 aliphatic carbocycles. The molecule has 1 atom stereocenters. The Hall–Kier alpha value is -2.18. The van der Waals surface area contributed by atoms with Crippen molar-refractivity contribution in [2.24, 2.45) is 11.3 Å². The second kappa shape index (κ2) is 7.37. The zero-order valence-corrected chi connectivity index (χ0v) is 14.6. The number of carbonyl (C=O) groups excluding carboxylic acids is 1. The van der Waals surface area contributed by atoms with Crippen LogP contribution in [0.25, 0.3) is 0 Å². The van der Waals surface area contributed by atoms with Gasteiger partial charge in [-0.25, -0.2) is 4.98 Å². The topological polar surface area (TPSA) is 76.1 Å². The predicted molar refractivity (Wildman–Crippen MR) is 97.1 cm³/mol. The molecule has 1 spiro atoms. The van der Waals surface area contributed by atoms with E-state index < -0.39 is 0 Å². The number of rotatable bonds is 4. The smallest absolute Gasteiger partial charge is 0.237 e. The Balaban J connectivity index is 0.00000182. The molecule has 1 saturated carbocycles. The third kappa shape index (κ3) is 3.91. The summed E-state index contributed by atoms with van der Waals surface area (Å²) < 4.78 is 5.65. The van der Waals surface area contributed by atoms with Crippen LogP contribution in [0.5, 0.6) is 11.6 Å². The number of amides is 1. The Bertz CT molecular complexity index is 735. The van der Waals surface area contributed by atoms with E-state index >= 15 is 0 Å². The summed E-state index contributed by atoms with van der Waals surface area (Å²) >= 11 is 0. The molecule has 7 heteroatoms. The number of piperidine rings is 1. The van der Waals surface area contributed by atoms with Gasteiger partial charge in [0, 0.05) is 30.1 Å². The summed E-state index contributed by atoms with van der Waals surface area (Å²) in [5, 5.41) is 6.39. The maximum atomic E-state index is 12.5. The summed E-state index contributed by atoms with van der Waals surface area (Å²) in [6, 6.07) is 7.37. The fourth-order valence-corrected chi connectivity index (χ4v) is 3.52. The molecule has 1 aromatic heterocycles. The third-order valence-corrected chi connectivity index (χ3v) is 4.97. The van der Waals surface area contributed by atoms with Crippen molar-refractivity contribution in [3.63, 3.8) is 0 Å². The summed E-state index contributed by atoms with van der Waals surface area (Å²) in [6.07, 6.45) is 7.93. The molecular formula is C18H21ClN4O2. The number of nitrogens with zero attached hydrogens (tertiary/aromatic N) is 2. The highest BCUT2D eigenvalue weighted by atomic mass is 35.5. The minimum atomic E-state index is 0. The quantitative estimate of drug-likeness (QED) is 0.876. The van der Waals surface area contributed by atoms with Crippen molar-refractivity contribution >= 4 is 24.0 Å². The summed E-state index contributed by atoms with van der Waals surface area (Å²) in [5.41, 5.74) is 0.987. The van der Waals surface area contributed by atoms with Crippen LogP contribution >= 0.6 is 12.4 Å². The second-order valence-corrected chi connectivity index (χ2v) is 6.53. The average molecular weight is 361 g/mol. The molecule has 0 bridgehead atoms. The standard InChI is InChI=1S/C18H20N4O2.ClH/c23-17(15-11-18(15)4-6-19-7-5-18)22-13-2-1-3-14(10-13)24-16-12-20-8-9-21-16;/h1-3,8-10,12,15,19H,4-7,11H2,(H,22,23);1H. The van der Waals surface area contributed by atoms with Gasteiger partial charge in [-0.15, -0.1) is 12.4 Å². The minimum absolute atomic E-state index is 0. The lowest BCUT2D eigenvalue weighted by atomic mass is 9.92. The van der Waals surface area contributed by atoms with E-state index in [1.54, 1.807) is 18.6 Å². The Morgan fingerprint density at radius 2 is 2.12 bits per heavy atom. The molecule has 2 N–H and O–H groups in total. The Morgan fingerprint density at radius 3 is 2.88 bits per heavy atom. The number of aromatic nitrogens is 2. The number of anilines is 1. The molecule has 132 valence electrons. The summed E-state index contributed by atoms with van der Waals surface area (Å²) in [7, 11) is 0. The molecule has 2 aliphatic rings. The molecule has 1 amide bonds. The molecule has 1 aromatic carbocycles. The van der Waals surface area contributed by atoms with Crippen LogP contribution in [0.15, 0.2) is 42.9 Å². The number of hydrogen-bond acceptors (Lipinski definition) is 5. The van der Waals surface area contributed by atoms with Gasteiger partial charge in [0.15, 0.2) is 0 Å². The third-order valence-electron chi connectivity index (χ3n) is 4.97. The van der Waals surface area contributed by atoms with Crippen LogP contribution < -0.4 is 15.4 Å². The van der Waals surface area contributed by atoms with Crippen LogP contribution in [0.3, 0.4) is 0 Å². The second-order valence-electron chi connectivity index (χ2n) is 6.53. The van der Waals surface area contributed by atoms with Gasteiger partial charge >= 0.3 is 0 Å². The van der Waals surface area contributed by atoms with Crippen molar-refractivity contribution in [2.45, 2.75) is 19.3 Å². The fraction of sp³-hybridized carbons (Fsp3) is 0.389. The SMILES string of the molecule is Cl.O=C(Nc1cccc(Oc2cnccn2)c1)C1CC12CCNCC2. The number of benzene rings is 1. The van der Waals surface area contributed by atoms with Gasteiger partial charge in [-0.2, -0.15) is 0 Å². The first kappa shape index (κ1) is 17.6. The molecular weight excluding hydrogens is 340 g/mol. The largest absolute Gasteiger partial charge is 0.437 e. The van der Waals surface area contributed by atoms with E-state index in [1.807, 2.05) is 24.3 Å². The number of halogens is 1.